The Bertz CT molecular complexity index is 868. The Morgan fingerprint density at radius 1 is 1.50 bits per heavy atom. The number of aromatic nitrogens is 4. The van der Waals surface area contributed by atoms with Crippen LogP contribution in [0.2, 0.25) is 5.02 Å². The second-order valence-corrected chi connectivity index (χ2v) is 5.88. The summed E-state index contributed by atoms with van der Waals surface area (Å²) < 4.78 is 1.53. The molecule has 1 atom stereocenters. The summed E-state index contributed by atoms with van der Waals surface area (Å²) in [5.41, 5.74) is 3.37. The molecule has 0 saturated heterocycles. The molecular weight excluding hydrogens is 302 g/mol. The fourth-order valence-corrected chi connectivity index (χ4v) is 3.14. The number of amides is 1. The van der Waals surface area contributed by atoms with Crippen molar-refractivity contribution in [2.75, 3.05) is 6.54 Å². The van der Waals surface area contributed by atoms with Crippen molar-refractivity contribution in [2.24, 2.45) is 0 Å². The summed E-state index contributed by atoms with van der Waals surface area (Å²) in [7, 11) is 0. The molecule has 1 amide bonds. The number of hydrogen-bond donors (Lipinski definition) is 1. The Hall–Kier alpha value is -2.34. The summed E-state index contributed by atoms with van der Waals surface area (Å²) in [6, 6.07) is 3.77. The standard InChI is InChI=1S/C15H14ClN5O/c1-9-14-10(2-4-17-14)3-5-20(9)15(22)12-6-13-18-7-11(16)8-21(13)19-12/h2,4,6-9,17H,3,5H2,1H3. The van der Waals surface area contributed by atoms with Crippen molar-refractivity contribution in [3.8, 4) is 0 Å². The Labute approximate surface area is 131 Å². The highest BCUT2D eigenvalue weighted by Gasteiger charge is 2.30. The molecule has 3 aromatic heterocycles. The van der Waals surface area contributed by atoms with Crippen molar-refractivity contribution >= 4 is 23.2 Å². The van der Waals surface area contributed by atoms with Gasteiger partial charge in [0.15, 0.2) is 11.3 Å². The molecule has 7 heteroatoms. The maximum Gasteiger partial charge on any atom is 0.275 e. The van der Waals surface area contributed by atoms with Crippen LogP contribution in [-0.2, 0) is 6.42 Å². The van der Waals surface area contributed by atoms with Crippen molar-refractivity contribution in [3.05, 3.63) is 52.7 Å². The summed E-state index contributed by atoms with van der Waals surface area (Å²) in [6.07, 6.45) is 5.96. The van der Waals surface area contributed by atoms with Crippen molar-refractivity contribution < 1.29 is 4.79 Å². The Kier molecular flexibility index (Phi) is 2.94. The molecule has 0 aliphatic carbocycles. The molecule has 6 nitrogen and oxygen atoms in total. The highest BCUT2D eigenvalue weighted by molar-refractivity contribution is 6.30. The van der Waals surface area contributed by atoms with Crippen LogP contribution >= 0.6 is 11.6 Å². The van der Waals surface area contributed by atoms with Gasteiger partial charge >= 0.3 is 0 Å². The molecule has 22 heavy (non-hydrogen) atoms. The highest BCUT2D eigenvalue weighted by Crippen LogP contribution is 2.29. The van der Waals surface area contributed by atoms with Crippen LogP contribution in [0.1, 0.15) is 34.7 Å². The van der Waals surface area contributed by atoms with E-state index in [2.05, 4.69) is 21.1 Å². The van der Waals surface area contributed by atoms with Gasteiger partial charge in [-0.15, -0.1) is 0 Å². The molecule has 4 heterocycles. The van der Waals surface area contributed by atoms with E-state index in [0.29, 0.717) is 22.9 Å². The lowest BCUT2D eigenvalue weighted by molar-refractivity contribution is 0.0668. The molecule has 1 N–H and O–H groups in total. The maximum atomic E-state index is 12.8. The third kappa shape index (κ3) is 1.99. The van der Waals surface area contributed by atoms with Gasteiger partial charge in [-0.25, -0.2) is 9.50 Å². The molecule has 0 bridgehead atoms. The van der Waals surface area contributed by atoms with E-state index in [1.54, 1.807) is 18.5 Å². The van der Waals surface area contributed by atoms with Gasteiger partial charge < -0.3 is 9.88 Å². The van der Waals surface area contributed by atoms with Gasteiger partial charge in [-0.3, -0.25) is 4.79 Å². The molecule has 1 aliphatic heterocycles. The monoisotopic (exact) mass is 315 g/mol. The molecule has 3 aromatic rings. The van der Waals surface area contributed by atoms with Gasteiger partial charge in [-0.05, 0) is 25.0 Å². The number of carbonyl (C=O) groups is 1. The van der Waals surface area contributed by atoms with E-state index in [-0.39, 0.29) is 11.9 Å². The minimum Gasteiger partial charge on any atom is -0.363 e. The lowest BCUT2D eigenvalue weighted by Crippen LogP contribution is -2.39. The number of rotatable bonds is 1. The Morgan fingerprint density at radius 3 is 3.23 bits per heavy atom. The first-order valence-electron chi connectivity index (χ1n) is 7.11. The van der Waals surface area contributed by atoms with Gasteiger partial charge in [0.2, 0.25) is 0 Å². The zero-order chi connectivity index (χ0) is 15.3. The van der Waals surface area contributed by atoms with Crippen LogP contribution in [0.4, 0.5) is 0 Å². The van der Waals surface area contributed by atoms with E-state index in [4.69, 9.17) is 11.6 Å². The number of fused-ring (bicyclic) bond motifs is 2. The molecule has 1 aliphatic rings. The maximum absolute atomic E-state index is 12.8. The van der Waals surface area contributed by atoms with Crippen LogP contribution in [0.3, 0.4) is 0 Å². The largest absolute Gasteiger partial charge is 0.363 e. The van der Waals surface area contributed by atoms with Crippen LogP contribution in [0, 0.1) is 0 Å². The van der Waals surface area contributed by atoms with E-state index in [9.17, 15) is 4.79 Å². The van der Waals surface area contributed by atoms with Crippen LogP contribution in [0.25, 0.3) is 5.65 Å². The fraction of sp³-hybridized carbons (Fsp3) is 0.267. The zero-order valence-electron chi connectivity index (χ0n) is 12.0. The van der Waals surface area contributed by atoms with Crippen LogP contribution in [0.5, 0.6) is 0 Å². The fourth-order valence-electron chi connectivity index (χ4n) is 2.99. The summed E-state index contributed by atoms with van der Waals surface area (Å²) in [4.78, 5) is 22.0. The smallest absolute Gasteiger partial charge is 0.275 e. The van der Waals surface area contributed by atoms with E-state index in [1.165, 1.54) is 10.1 Å². The Balaban J connectivity index is 1.68. The second kappa shape index (κ2) is 4.84. The van der Waals surface area contributed by atoms with E-state index in [1.807, 2.05) is 18.0 Å². The number of halogens is 1. The lowest BCUT2D eigenvalue weighted by atomic mass is 10.0. The molecule has 0 saturated carbocycles. The van der Waals surface area contributed by atoms with Crippen molar-refractivity contribution in [3.63, 3.8) is 0 Å². The minimum absolute atomic E-state index is 0.00705. The van der Waals surface area contributed by atoms with E-state index in [0.717, 1.165) is 12.1 Å². The molecule has 4 rings (SSSR count). The molecule has 112 valence electrons. The van der Waals surface area contributed by atoms with Crippen LogP contribution in [0.15, 0.2) is 30.7 Å². The van der Waals surface area contributed by atoms with Gasteiger partial charge in [-0.2, -0.15) is 5.10 Å². The molecule has 0 spiro atoms. The quantitative estimate of drug-likeness (QED) is 0.750. The first-order chi connectivity index (χ1) is 10.6. The molecule has 0 aromatic carbocycles. The Morgan fingerprint density at radius 2 is 2.36 bits per heavy atom. The van der Waals surface area contributed by atoms with Gasteiger partial charge in [0.1, 0.15) is 0 Å². The predicted octanol–water partition coefficient (Wildman–Crippen LogP) is 2.47. The predicted molar refractivity (Wildman–Crippen MR) is 81.9 cm³/mol. The molecule has 0 radical (unpaired) electrons. The van der Waals surface area contributed by atoms with Gasteiger partial charge in [0.05, 0.1) is 17.3 Å². The number of nitrogens with one attached hydrogen (secondary N) is 1. The average Bonchev–Trinajstić information content (AvgIpc) is 3.12. The second-order valence-electron chi connectivity index (χ2n) is 5.45. The number of hydrogen-bond acceptors (Lipinski definition) is 3. The molecule has 0 fully saturated rings. The number of nitrogens with zero attached hydrogens (tertiary/aromatic N) is 4. The summed E-state index contributed by atoms with van der Waals surface area (Å²) >= 11 is 5.90. The topological polar surface area (TPSA) is 66.3 Å². The summed E-state index contributed by atoms with van der Waals surface area (Å²) in [5.74, 6) is -0.0885. The first kappa shape index (κ1) is 13.3. The zero-order valence-corrected chi connectivity index (χ0v) is 12.7. The van der Waals surface area contributed by atoms with Gasteiger partial charge in [0, 0.05) is 30.7 Å². The minimum atomic E-state index is -0.0885. The van der Waals surface area contributed by atoms with Crippen LogP contribution in [-0.4, -0.2) is 36.9 Å². The van der Waals surface area contributed by atoms with Gasteiger partial charge in [-0.1, -0.05) is 11.6 Å². The molecule has 1 unspecified atom stereocenters. The van der Waals surface area contributed by atoms with E-state index < -0.39 is 0 Å². The van der Waals surface area contributed by atoms with Gasteiger partial charge in [0.25, 0.3) is 5.91 Å². The summed E-state index contributed by atoms with van der Waals surface area (Å²) in [5, 5.41) is 4.78. The van der Waals surface area contributed by atoms with Crippen molar-refractivity contribution in [1.29, 1.82) is 0 Å². The third-order valence-corrected chi connectivity index (χ3v) is 4.33. The SMILES string of the molecule is CC1c2[nH]ccc2CCN1C(=O)c1cc2ncc(Cl)cn2n1. The van der Waals surface area contributed by atoms with Crippen molar-refractivity contribution in [2.45, 2.75) is 19.4 Å². The number of carbonyl (C=O) groups excluding carboxylic acids is 1. The number of aromatic amines is 1. The first-order valence-corrected chi connectivity index (χ1v) is 7.49. The molecular formula is C15H14ClN5O. The normalized spacial score (nSPS) is 17.7. The highest BCUT2D eigenvalue weighted by atomic mass is 35.5. The average molecular weight is 316 g/mol. The third-order valence-electron chi connectivity index (χ3n) is 4.14. The van der Waals surface area contributed by atoms with E-state index >= 15 is 0 Å². The van der Waals surface area contributed by atoms with Crippen LogP contribution < -0.4 is 0 Å². The summed E-state index contributed by atoms with van der Waals surface area (Å²) in [6.45, 7) is 2.71. The lowest BCUT2D eigenvalue weighted by Gasteiger charge is -2.33. The number of H-pyrrole nitrogens is 1. The van der Waals surface area contributed by atoms with Crippen molar-refractivity contribution in [1.82, 2.24) is 24.5 Å².